The monoisotopic (exact) mass is 238 g/mol. The molecule has 1 heterocycles. The Kier molecular flexibility index (Phi) is 3.66. The predicted octanol–water partition coefficient (Wildman–Crippen LogP) is -0.743. The van der Waals surface area contributed by atoms with E-state index in [1.54, 1.807) is 12.1 Å². The van der Waals surface area contributed by atoms with Crippen LogP contribution in [0.25, 0.3) is 0 Å². The van der Waals surface area contributed by atoms with Gasteiger partial charge in [-0.05, 0) is 24.6 Å². The molecule has 0 spiro atoms. The van der Waals surface area contributed by atoms with Gasteiger partial charge in [0.25, 0.3) is 0 Å². The highest BCUT2D eigenvalue weighted by atomic mass is 19.1. The van der Waals surface area contributed by atoms with Crippen LogP contribution in [0, 0.1) is 5.82 Å². The van der Waals surface area contributed by atoms with Crippen molar-refractivity contribution in [3.63, 3.8) is 0 Å². The van der Waals surface area contributed by atoms with Crippen molar-refractivity contribution in [3.05, 3.63) is 24.0 Å². The van der Waals surface area contributed by atoms with Crippen LogP contribution in [0.5, 0.6) is 0 Å². The lowest BCUT2D eigenvalue weighted by Crippen LogP contribution is -2.45. The van der Waals surface area contributed by atoms with Crippen LogP contribution >= 0.6 is 0 Å². The molecule has 17 heavy (non-hydrogen) atoms. The lowest BCUT2D eigenvalue weighted by atomic mass is 9.80. The summed E-state index contributed by atoms with van der Waals surface area (Å²) in [6.45, 7) is 3.39. The maximum atomic E-state index is 13.8. The first-order chi connectivity index (χ1) is 8.08. The Balaban J connectivity index is 2.16. The van der Waals surface area contributed by atoms with E-state index in [2.05, 4.69) is 4.90 Å². The highest BCUT2D eigenvalue weighted by Crippen LogP contribution is 2.19. The number of halogens is 1. The first-order valence-electron chi connectivity index (χ1n) is 5.67. The van der Waals surface area contributed by atoms with E-state index in [4.69, 9.17) is 10.0 Å². The molecule has 1 aliphatic heterocycles. The van der Waals surface area contributed by atoms with Gasteiger partial charge in [0.15, 0.2) is 0 Å². The van der Waals surface area contributed by atoms with Crippen LogP contribution < -0.4 is 10.4 Å². The third-order valence-corrected chi connectivity index (χ3v) is 3.11. The third kappa shape index (κ3) is 2.77. The normalized spacial score (nSPS) is 17.3. The van der Waals surface area contributed by atoms with Gasteiger partial charge >= 0.3 is 7.12 Å². The van der Waals surface area contributed by atoms with E-state index < -0.39 is 12.9 Å². The van der Waals surface area contributed by atoms with Gasteiger partial charge in [0.2, 0.25) is 0 Å². The summed E-state index contributed by atoms with van der Waals surface area (Å²) in [7, 11) is 0.421. The van der Waals surface area contributed by atoms with Crippen molar-refractivity contribution in [2.45, 2.75) is 0 Å². The Bertz CT molecular complexity index is 395. The molecule has 0 radical (unpaired) electrons. The summed E-state index contributed by atoms with van der Waals surface area (Å²) < 4.78 is 13.8. The Hall–Kier alpha value is -1.11. The van der Waals surface area contributed by atoms with Gasteiger partial charge in [-0.3, -0.25) is 0 Å². The molecule has 6 heteroatoms. The largest absolute Gasteiger partial charge is 0.488 e. The molecule has 4 nitrogen and oxygen atoms in total. The van der Waals surface area contributed by atoms with Crippen LogP contribution in [-0.4, -0.2) is 55.3 Å². The minimum Gasteiger partial charge on any atom is -0.423 e. The molecule has 1 aromatic rings. The average Bonchev–Trinajstić information content (AvgIpc) is 2.30. The second-order valence-electron chi connectivity index (χ2n) is 4.37. The molecule has 1 saturated heterocycles. The quantitative estimate of drug-likeness (QED) is 0.666. The Morgan fingerprint density at radius 3 is 2.35 bits per heavy atom. The molecule has 0 atom stereocenters. The SMILES string of the molecule is CN1CCN(c2ccc(B(O)O)cc2F)CC1. The van der Waals surface area contributed by atoms with Crippen molar-refractivity contribution in [1.29, 1.82) is 0 Å². The molecule has 0 unspecified atom stereocenters. The number of nitrogens with zero attached hydrogens (tertiary/aromatic N) is 2. The van der Waals surface area contributed by atoms with E-state index in [0.29, 0.717) is 5.69 Å². The standard InChI is InChI=1S/C11H16BFN2O2/c1-14-4-6-15(7-5-14)11-3-2-9(12(16)17)8-10(11)13/h2-3,8,16-17H,4-7H2,1H3. The zero-order valence-electron chi connectivity index (χ0n) is 9.80. The topological polar surface area (TPSA) is 46.9 Å². The molecule has 0 aromatic heterocycles. The summed E-state index contributed by atoms with van der Waals surface area (Å²) in [4.78, 5) is 4.17. The number of likely N-dealkylation sites (N-methyl/N-ethyl adjacent to an activating group) is 1. The zero-order valence-corrected chi connectivity index (χ0v) is 9.80. The Morgan fingerprint density at radius 1 is 1.18 bits per heavy atom. The van der Waals surface area contributed by atoms with Gasteiger partial charge in [-0.1, -0.05) is 6.07 Å². The van der Waals surface area contributed by atoms with Gasteiger partial charge in [-0.25, -0.2) is 4.39 Å². The molecule has 1 aliphatic rings. The minimum atomic E-state index is -1.62. The van der Waals surface area contributed by atoms with Gasteiger partial charge in [-0.15, -0.1) is 0 Å². The van der Waals surface area contributed by atoms with Gasteiger partial charge in [0, 0.05) is 26.2 Å². The van der Waals surface area contributed by atoms with Crippen LogP contribution in [0.15, 0.2) is 18.2 Å². The molecule has 92 valence electrons. The van der Waals surface area contributed by atoms with Gasteiger partial charge in [0.1, 0.15) is 5.82 Å². The zero-order chi connectivity index (χ0) is 12.4. The van der Waals surface area contributed by atoms with Crippen molar-refractivity contribution < 1.29 is 14.4 Å². The smallest absolute Gasteiger partial charge is 0.423 e. The van der Waals surface area contributed by atoms with Crippen molar-refractivity contribution in [3.8, 4) is 0 Å². The van der Waals surface area contributed by atoms with E-state index >= 15 is 0 Å². The molecule has 1 aromatic carbocycles. The molecule has 1 fully saturated rings. The molecule has 2 rings (SSSR count). The maximum Gasteiger partial charge on any atom is 0.488 e. The number of rotatable bonds is 2. The van der Waals surface area contributed by atoms with E-state index in [1.165, 1.54) is 6.07 Å². The number of anilines is 1. The fourth-order valence-electron chi connectivity index (χ4n) is 1.99. The number of benzene rings is 1. The molecule has 0 bridgehead atoms. The molecular formula is C11H16BFN2O2. The second kappa shape index (κ2) is 5.04. The summed E-state index contributed by atoms with van der Waals surface area (Å²) >= 11 is 0. The lowest BCUT2D eigenvalue weighted by molar-refractivity contribution is 0.311. The number of hydrogen-bond donors (Lipinski definition) is 2. The van der Waals surface area contributed by atoms with Crippen LogP contribution in [0.4, 0.5) is 10.1 Å². The minimum absolute atomic E-state index is 0.181. The Morgan fingerprint density at radius 2 is 1.82 bits per heavy atom. The number of piperazine rings is 1. The van der Waals surface area contributed by atoms with Crippen molar-refractivity contribution in [2.75, 3.05) is 38.1 Å². The highest BCUT2D eigenvalue weighted by Gasteiger charge is 2.19. The summed E-state index contributed by atoms with van der Waals surface area (Å²) in [5.41, 5.74) is 0.711. The van der Waals surface area contributed by atoms with E-state index in [0.717, 1.165) is 26.2 Å². The molecule has 2 N–H and O–H groups in total. The van der Waals surface area contributed by atoms with Crippen LogP contribution in [0.3, 0.4) is 0 Å². The van der Waals surface area contributed by atoms with Crippen molar-refractivity contribution in [2.24, 2.45) is 0 Å². The molecule has 0 aliphatic carbocycles. The second-order valence-corrected chi connectivity index (χ2v) is 4.37. The summed E-state index contributed by atoms with van der Waals surface area (Å²) in [6.07, 6.45) is 0. The highest BCUT2D eigenvalue weighted by molar-refractivity contribution is 6.58. The van der Waals surface area contributed by atoms with Gasteiger partial charge < -0.3 is 19.8 Å². The summed E-state index contributed by atoms with van der Waals surface area (Å²) in [5.74, 6) is -0.403. The molecular weight excluding hydrogens is 222 g/mol. The lowest BCUT2D eigenvalue weighted by Gasteiger charge is -2.34. The predicted molar refractivity (Wildman–Crippen MR) is 65.9 cm³/mol. The first-order valence-corrected chi connectivity index (χ1v) is 5.67. The fraction of sp³-hybridized carbons (Fsp3) is 0.455. The maximum absolute atomic E-state index is 13.8. The van der Waals surface area contributed by atoms with E-state index in [1.807, 2.05) is 11.9 Å². The van der Waals surface area contributed by atoms with Crippen LogP contribution in [0.2, 0.25) is 0 Å². The molecule has 0 saturated carbocycles. The Labute approximate surface area is 100 Å². The summed E-state index contributed by atoms with van der Waals surface area (Å²) in [5, 5.41) is 17.9. The van der Waals surface area contributed by atoms with Gasteiger partial charge in [-0.2, -0.15) is 0 Å². The van der Waals surface area contributed by atoms with Crippen molar-refractivity contribution >= 4 is 18.3 Å². The van der Waals surface area contributed by atoms with Crippen molar-refractivity contribution in [1.82, 2.24) is 4.90 Å². The van der Waals surface area contributed by atoms with Gasteiger partial charge in [0.05, 0.1) is 5.69 Å². The van der Waals surface area contributed by atoms with E-state index in [-0.39, 0.29) is 5.46 Å². The van der Waals surface area contributed by atoms with E-state index in [9.17, 15) is 4.39 Å². The first kappa shape index (κ1) is 12.4. The average molecular weight is 238 g/mol. The van der Waals surface area contributed by atoms with Crippen LogP contribution in [0.1, 0.15) is 0 Å². The third-order valence-electron chi connectivity index (χ3n) is 3.11. The number of hydrogen-bond acceptors (Lipinski definition) is 4. The van der Waals surface area contributed by atoms with Crippen LogP contribution in [-0.2, 0) is 0 Å². The summed E-state index contributed by atoms with van der Waals surface area (Å²) in [6, 6.07) is 4.33. The fourth-order valence-corrected chi connectivity index (χ4v) is 1.99. The molecule has 0 amide bonds.